The maximum atomic E-state index is 5.94. The summed E-state index contributed by atoms with van der Waals surface area (Å²) in [5, 5.41) is 0. The number of rotatable bonds is 11. The first-order valence-corrected chi connectivity index (χ1v) is 10.6. The van der Waals surface area contributed by atoms with E-state index in [1.165, 1.54) is 25.1 Å². The Hall–Kier alpha value is -1.26. The van der Waals surface area contributed by atoms with E-state index in [1.54, 1.807) is 0 Å². The highest BCUT2D eigenvalue weighted by Crippen LogP contribution is 2.21. The van der Waals surface area contributed by atoms with Crippen molar-refractivity contribution in [2.24, 2.45) is 0 Å². The van der Waals surface area contributed by atoms with E-state index in [0.717, 1.165) is 58.0 Å². The Morgan fingerprint density at radius 2 is 1.62 bits per heavy atom. The van der Waals surface area contributed by atoms with Crippen LogP contribution in [0.25, 0.3) is 0 Å². The molecule has 0 aromatic heterocycles. The van der Waals surface area contributed by atoms with Gasteiger partial charge in [-0.3, -0.25) is 4.90 Å². The first-order valence-electron chi connectivity index (χ1n) is 10.6. The Bertz CT molecular complexity index is 481. The lowest BCUT2D eigenvalue weighted by Gasteiger charge is -2.38. The van der Waals surface area contributed by atoms with Gasteiger partial charge in [0, 0.05) is 44.5 Å². The second-order valence-electron chi connectivity index (χ2n) is 7.60. The number of piperazine rings is 1. The van der Waals surface area contributed by atoms with Crippen molar-refractivity contribution in [3.05, 3.63) is 24.3 Å². The summed E-state index contributed by atoms with van der Waals surface area (Å²) in [4.78, 5) is 7.55. The average molecular weight is 362 g/mol. The van der Waals surface area contributed by atoms with Crippen molar-refractivity contribution in [2.45, 2.75) is 53.0 Å². The zero-order valence-corrected chi connectivity index (χ0v) is 17.4. The van der Waals surface area contributed by atoms with Crippen LogP contribution in [0.4, 0.5) is 5.69 Å². The van der Waals surface area contributed by atoms with Crippen molar-refractivity contribution in [3.8, 4) is 5.75 Å². The first kappa shape index (κ1) is 21.0. The van der Waals surface area contributed by atoms with Crippen LogP contribution in [0.5, 0.6) is 5.75 Å². The van der Waals surface area contributed by atoms with Gasteiger partial charge in [0.1, 0.15) is 5.75 Å². The van der Waals surface area contributed by atoms with Crippen LogP contribution in [-0.2, 0) is 0 Å². The zero-order chi connectivity index (χ0) is 18.8. The fourth-order valence-corrected chi connectivity index (χ4v) is 3.54. The van der Waals surface area contributed by atoms with Crippen molar-refractivity contribution in [1.82, 2.24) is 9.80 Å². The molecule has 0 amide bonds. The molecule has 1 aliphatic rings. The number of unbranched alkanes of at least 4 members (excludes halogenated alkanes) is 1. The van der Waals surface area contributed by atoms with E-state index in [0.29, 0.717) is 6.04 Å². The number of ether oxygens (including phenoxy) is 1. The Labute approximate surface area is 161 Å². The molecule has 0 N–H and O–H groups in total. The van der Waals surface area contributed by atoms with E-state index in [2.05, 4.69) is 66.7 Å². The van der Waals surface area contributed by atoms with Crippen LogP contribution in [0.15, 0.2) is 24.3 Å². The zero-order valence-electron chi connectivity index (χ0n) is 17.4. The predicted molar refractivity (Wildman–Crippen MR) is 112 cm³/mol. The molecular formula is C22H39N3O. The van der Waals surface area contributed by atoms with E-state index in [1.807, 2.05) is 0 Å². The van der Waals surface area contributed by atoms with Gasteiger partial charge in [0.2, 0.25) is 0 Å². The molecule has 4 heteroatoms. The van der Waals surface area contributed by atoms with Crippen molar-refractivity contribution < 1.29 is 4.74 Å². The third-order valence-electron chi connectivity index (χ3n) is 5.41. The monoisotopic (exact) mass is 361 g/mol. The maximum absolute atomic E-state index is 5.94. The maximum Gasteiger partial charge on any atom is 0.119 e. The minimum absolute atomic E-state index is 0.651. The molecule has 1 heterocycles. The fraction of sp³-hybridized carbons (Fsp3) is 0.727. The molecule has 0 unspecified atom stereocenters. The highest BCUT2D eigenvalue weighted by molar-refractivity contribution is 5.49. The minimum atomic E-state index is 0.651. The molecule has 1 aromatic carbocycles. The number of hydrogen-bond acceptors (Lipinski definition) is 4. The molecule has 2 rings (SSSR count). The Morgan fingerprint density at radius 3 is 2.19 bits per heavy atom. The van der Waals surface area contributed by atoms with E-state index in [-0.39, 0.29) is 0 Å². The van der Waals surface area contributed by atoms with Crippen LogP contribution in [0.1, 0.15) is 47.0 Å². The summed E-state index contributed by atoms with van der Waals surface area (Å²) in [6.45, 7) is 17.9. The lowest BCUT2D eigenvalue weighted by atomic mass is 10.2. The van der Waals surface area contributed by atoms with Crippen LogP contribution >= 0.6 is 0 Å². The molecule has 0 aliphatic carbocycles. The summed E-state index contributed by atoms with van der Waals surface area (Å²) in [6.07, 6.45) is 3.66. The second-order valence-corrected chi connectivity index (χ2v) is 7.60. The Morgan fingerprint density at radius 1 is 0.962 bits per heavy atom. The molecule has 1 aliphatic heterocycles. The van der Waals surface area contributed by atoms with Crippen LogP contribution in [0.3, 0.4) is 0 Å². The van der Waals surface area contributed by atoms with E-state index >= 15 is 0 Å². The summed E-state index contributed by atoms with van der Waals surface area (Å²) in [6, 6.07) is 9.32. The molecule has 0 saturated carbocycles. The van der Waals surface area contributed by atoms with Crippen LogP contribution in [0.2, 0.25) is 0 Å². The summed E-state index contributed by atoms with van der Waals surface area (Å²) >= 11 is 0. The molecular weight excluding hydrogens is 322 g/mol. The molecule has 0 atom stereocenters. The van der Waals surface area contributed by atoms with Crippen molar-refractivity contribution in [1.29, 1.82) is 0 Å². The van der Waals surface area contributed by atoms with Gasteiger partial charge in [-0.2, -0.15) is 0 Å². The number of benzene rings is 1. The van der Waals surface area contributed by atoms with Crippen LogP contribution in [-0.4, -0.2) is 68.3 Å². The van der Waals surface area contributed by atoms with Crippen molar-refractivity contribution >= 4 is 5.69 Å². The summed E-state index contributed by atoms with van der Waals surface area (Å²) < 4.78 is 5.94. The standard InChI is InChI=1S/C22H39N3O/c1-5-7-13-23(6-2)14-8-19-26-22-11-9-21(10-12-22)25-17-15-24(16-18-25)20(3)4/h9-12,20H,5-8,13-19H2,1-4H3. The minimum Gasteiger partial charge on any atom is -0.494 e. The first-order chi connectivity index (χ1) is 12.6. The van der Waals surface area contributed by atoms with Crippen LogP contribution in [0, 0.1) is 0 Å². The predicted octanol–water partition coefficient (Wildman–Crippen LogP) is 4.11. The highest BCUT2D eigenvalue weighted by atomic mass is 16.5. The topological polar surface area (TPSA) is 19.0 Å². The van der Waals surface area contributed by atoms with E-state index in [4.69, 9.17) is 4.74 Å². The molecule has 1 saturated heterocycles. The quantitative estimate of drug-likeness (QED) is 0.552. The Kier molecular flexibility index (Phi) is 9.27. The van der Waals surface area contributed by atoms with Gasteiger partial charge in [-0.05, 0) is 64.0 Å². The number of nitrogens with zero attached hydrogens (tertiary/aromatic N) is 3. The third kappa shape index (κ3) is 6.81. The van der Waals surface area contributed by atoms with Crippen molar-refractivity contribution in [3.63, 3.8) is 0 Å². The largest absolute Gasteiger partial charge is 0.494 e. The molecule has 0 bridgehead atoms. The third-order valence-corrected chi connectivity index (χ3v) is 5.41. The normalized spacial score (nSPS) is 15.8. The molecule has 26 heavy (non-hydrogen) atoms. The number of anilines is 1. The second kappa shape index (κ2) is 11.5. The average Bonchev–Trinajstić information content (AvgIpc) is 2.68. The molecule has 1 aromatic rings. The molecule has 0 radical (unpaired) electrons. The van der Waals surface area contributed by atoms with Gasteiger partial charge in [0.05, 0.1) is 6.61 Å². The van der Waals surface area contributed by atoms with Crippen molar-refractivity contribution in [2.75, 3.05) is 57.3 Å². The van der Waals surface area contributed by atoms with Gasteiger partial charge in [0.15, 0.2) is 0 Å². The molecule has 1 fully saturated rings. The van der Waals surface area contributed by atoms with E-state index in [9.17, 15) is 0 Å². The van der Waals surface area contributed by atoms with Gasteiger partial charge in [-0.1, -0.05) is 20.3 Å². The fourth-order valence-electron chi connectivity index (χ4n) is 3.54. The van der Waals surface area contributed by atoms with Gasteiger partial charge >= 0.3 is 0 Å². The highest BCUT2D eigenvalue weighted by Gasteiger charge is 2.18. The summed E-state index contributed by atoms with van der Waals surface area (Å²) in [5.74, 6) is 0.992. The molecule has 4 nitrogen and oxygen atoms in total. The number of hydrogen-bond donors (Lipinski definition) is 0. The lowest BCUT2D eigenvalue weighted by molar-refractivity contribution is 0.209. The summed E-state index contributed by atoms with van der Waals surface area (Å²) in [7, 11) is 0. The molecule has 148 valence electrons. The van der Waals surface area contributed by atoms with Gasteiger partial charge in [-0.15, -0.1) is 0 Å². The van der Waals surface area contributed by atoms with Gasteiger partial charge in [-0.25, -0.2) is 0 Å². The molecule has 0 spiro atoms. The van der Waals surface area contributed by atoms with Gasteiger partial charge < -0.3 is 14.5 Å². The Balaban J connectivity index is 1.69. The van der Waals surface area contributed by atoms with Crippen LogP contribution < -0.4 is 9.64 Å². The lowest BCUT2D eigenvalue weighted by Crippen LogP contribution is -2.48. The smallest absolute Gasteiger partial charge is 0.119 e. The SMILES string of the molecule is CCCCN(CC)CCCOc1ccc(N2CCN(C(C)C)CC2)cc1. The van der Waals surface area contributed by atoms with E-state index < -0.39 is 0 Å². The van der Waals surface area contributed by atoms with Gasteiger partial charge in [0.25, 0.3) is 0 Å². The summed E-state index contributed by atoms with van der Waals surface area (Å²) in [5.41, 5.74) is 1.32.